The Balaban J connectivity index is 2.20. The van der Waals surface area contributed by atoms with Gasteiger partial charge in [-0.25, -0.2) is 0 Å². The minimum atomic E-state index is 0.0293. The van der Waals surface area contributed by atoms with Crippen molar-refractivity contribution < 1.29 is 4.79 Å². The van der Waals surface area contributed by atoms with Crippen molar-refractivity contribution in [1.29, 1.82) is 0 Å². The first kappa shape index (κ1) is 13.0. The fourth-order valence-corrected chi connectivity index (χ4v) is 2.44. The van der Waals surface area contributed by atoms with Crippen LogP contribution >= 0.6 is 0 Å². The van der Waals surface area contributed by atoms with Crippen LogP contribution in [0.2, 0.25) is 0 Å². The van der Waals surface area contributed by atoms with E-state index in [1.54, 1.807) is 11.7 Å². The molecule has 1 fully saturated rings. The molecule has 0 radical (unpaired) electrons. The van der Waals surface area contributed by atoms with Gasteiger partial charge in [-0.15, -0.1) is 0 Å². The monoisotopic (exact) mass is 251 g/mol. The maximum atomic E-state index is 12.5. The molecule has 1 saturated heterocycles. The fourth-order valence-electron chi connectivity index (χ4n) is 2.44. The van der Waals surface area contributed by atoms with Crippen LogP contribution in [-0.2, 0) is 7.05 Å². The van der Waals surface area contributed by atoms with Crippen LogP contribution < -0.4 is 5.73 Å². The number of carbonyl (C=O) groups excluding carboxylic acids is 1. The van der Waals surface area contributed by atoms with E-state index in [1.165, 1.54) is 0 Å². The van der Waals surface area contributed by atoms with Crippen LogP contribution in [0.1, 0.15) is 16.2 Å². The van der Waals surface area contributed by atoms with E-state index in [0.717, 1.165) is 25.3 Å². The molecule has 1 atom stereocenters. The number of aromatic nitrogens is 2. The predicted octanol–water partition coefficient (Wildman–Crippen LogP) is -0.557. The second kappa shape index (κ2) is 5.07. The maximum Gasteiger partial charge on any atom is 0.272 e. The van der Waals surface area contributed by atoms with Crippen LogP contribution in [0.5, 0.6) is 0 Å². The number of amides is 1. The normalized spacial score (nSPS) is 21.3. The highest BCUT2D eigenvalue weighted by Crippen LogP contribution is 2.13. The van der Waals surface area contributed by atoms with Crippen molar-refractivity contribution in [3.05, 3.63) is 17.5 Å². The van der Waals surface area contributed by atoms with E-state index in [2.05, 4.69) is 17.0 Å². The second-order valence-electron chi connectivity index (χ2n) is 4.94. The summed E-state index contributed by atoms with van der Waals surface area (Å²) in [5.41, 5.74) is 7.27. The Morgan fingerprint density at radius 2 is 2.22 bits per heavy atom. The minimum Gasteiger partial charge on any atom is -0.330 e. The van der Waals surface area contributed by atoms with Gasteiger partial charge >= 0.3 is 0 Å². The molecule has 0 bridgehead atoms. The summed E-state index contributed by atoms with van der Waals surface area (Å²) < 4.78 is 1.64. The van der Waals surface area contributed by atoms with Gasteiger partial charge in [-0.2, -0.15) is 5.10 Å². The molecule has 0 aromatic carbocycles. The Morgan fingerprint density at radius 3 is 2.78 bits per heavy atom. The van der Waals surface area contributed by atoms with Gasteiger partial charge in [0.25, 0.3) is 5.91 Å². The topological polar surface area (TPSA) is 67.4 Å². The van der Waals surface area contributed by atoms with E-state index in [1.807, 2.05) is 17.9 Å². The van der Waals surface area contributed by atoms with Gasteiger partial charge in [-0.05, 0) is 20.0 Å². The molecule has 1 unspecified atom stereocenters. The van der Waals surface area contributed by atoms with Crippen molar-refractivity contribution in [3.8, 4) is 0 Å². The zero-order valence-corrected chi connectivity index (χ0v) is 11.3. The molecule has 2 rings (SSSR count). The van der Waals surface area contributed by atoms with Crippen LogP contribution in [0.25, 0.3) is 0 Å². The third-order valence-corrected chi connectivity index (χ3v) is 3.44. The zero-order valence-electron chi connectivity index (χ0n) is 11.3. The molecule has 0 saturated carbocycles. The van der Waals surface area contributed by atoms with Crippen LogP contribution in [0, 0.1) is 6.92 Å². The maximum absolute atomic E-state index is 12.5. The largest absolute Gasteiger partial charge is 0.330 e. The number of piperazine rings is 1. The Kier molecular flexibility index (Phi) is 3.68. The molecule has 2 N–H and O–H groups in total. The van der Waals surface area contributed by atoms with Gasteiger partial charge in [0.05, 0.1) is 11.7 Å². The lowest BCUT2D eigenvalue weighted by Gasteiger charge is -2.39. The summed E-state index contributed by atoms with van der Waals surface area (Å²) in [6, 6.07) is 1.92. The standard InChI is InChI=1S/C12H21N5O/c1-9-6-11(16(3)14-9)12(18)17-5-4-15(2)8-10(17)7-13/h6,10H,4-5,7-8,13H2,1-3H3. The average Bonchev–Trinajstić information content (AvgIpc) is 2.67. The number of nitrogens with zero attached hydrogens (tertiary/aromatic N) is 4. The number of hydrogen-bond donors (Lipinski definition) is 1. The SMILES string of the molecule is Cc1cc(C(=O)N2CCN(C)CC2CN)n(C)n1. The third kappa shape index (κ3) is 2.39. The van der Waals surface area contributed by atoms with Gasteiger partial charge in [0.1, 0.15) is 5.69 Å². The number of hydrogen-bond acceptors (Lipinski definition) is 4. The third-order valence-electron chi connectivity index (χ3n) is 3.44. The Hall–Kier alpha value is -1.40. The van der Waals surface area contributed by atoms with Crippen LogP contribution in [0.3, 0.4) is 0 Å². The summed E-state index contributed by atoms with van der Waals surface area (Å²) in [6.45, 7) is 4.83. The summed E-state index contributed by atoms with van der Waals surface area (Å²) in [7, 11) is 3.85. The number of aryl methyl sites for hydroxylation is 2. The Morgan fingerprint density at radius 1 is 1.50 bits per heavy atom. The lowest BCUT2D eigenvalue weighted by atomic mass is 10.1. The molecule has 1 amide bonds. The van der Waals surface area contributed by atoms with Crippen molar-refractivity contribution in [2.24, 2.45) is 12.8 Å². The number of rotatable bonds is 2. The Labute approximate surface area is 107 Å². The van der Waals surface area contributed by atoms with Crippen LogP contribution in [0.4, 0.5) is 0 Å². The number of carbonyl (C=O) groups is 1. The second-order valence-corrected chi connectivity index (χ2v) is 4.94. The molecule has 1 aromatic rings. The highest BCUT2D eigenvalue weighted by molar-refractivity contribution is 5.93. The highest BCUT2D eigenvalue weighted by atomic mass is 16.2. The molecule has 1 aromatic heterocycles. The lowest BCUT2D eigenvalue weighted by Crippen LogP contribution is -2.57. The van der Waals surface area contributed by atoms with E-state index in [0.29, 0.717) is 12.2 Å². The van der Waals surface area contributed by atoms with Gasteiger partial charge in [0.15, 0.2) is 0 Å². The average molecular weight is 251 g/mol. The van der Waals surface area contributed by atoms with Gasteiger partial charge in [-0.1, -0.05) is 0 Å². The summed E-state index contributed by atoms with van der Waals surface area (Å²) in [4.78, 5) is 16.6. The molecule has 0 aliphatic carbocycles. The van der Waals surface area contributed by atoms with Gasteiger partial charge in [0.2, 0.25) is 0 Å². The van der Waals surface area contributed by atoms with Crippen molar-refractivity contribution in [1.82, 2.24) is 19.6 Å². The van der Waals surface area contributed by atoms with E-state index < -0.39 is 0 Å². The molecule has 100 valence electrons. The van der Waals surface area contributed by atoms with Gasteiger partial charge < -0.3 is 15.5 Å². The van der Waals surface area contributed by atoms with Gasteiger partial charge in [-0.3, -0.25) is 9.48 Å². The summed E-state index contributed by atoms with van der Waals surface area (Å²) in [5, 5.41) is 4.22. The van der Waals surface area contributed by atoms with Crippen molar-refractivity contribution in [2.75, 3.05) is 33.2 Å². The molecule has 1 aliphatic rings. The minimum absolute atomic E-state index is 0.0293. The molecule has 18 heavy (non-hydrogen) atoms. The van der Waals surface area contributed by atoms with Gasteiger partial charge in [0, 0.05) is 33.2 Å². The Bertz CT molecular complexity index is 442. The number of nitrogens with two attached hydrogens (primary N) is 1. The van der Waals surface area contributed by atoms with E-state index >= 15 is 0 Å². The lowest BCUT2D eigenvalue weighted by molar-refractivity contribution is 0.0505. The van der Waals surface area contributed by atoms with E-state index in [4.69, 9.17) is 5.73 Å². The molecule has 2 heterocycles. The van der Waals surface area contributed by atoms with E-state index in [-0.39, 0.29) is 11.9 Å². The first-order valence-electron chi connectivity index (χ1n) is 6.23. The van der Waals surface area contributed by atoms with Crippen LogP contribution in [0.15, 0.2) is 6.07 Å². The van der Waals surface area contributed by atoms with Crippen molar-refractivity contribution >= 4 is 5.91 Å². The molecule has 1 aliphatic heterocycles. The summed E-state index contributed by atoms with van der Waals surface area (Å²) in [5.74, 6) is 0.0293. The smallest absolute Gasteiger partial charge is 0.272 e. The predicted molar refractivity (Wildman–Crippen MR) is 69.3 cm³/mol. The van der Waals surface area contributed by atoms with Crippen molar-refractivity contribution in [3.63, 3.8) is 0 Å². The molecule has 6 nitrogen and oxygen atoms in total. The molecule has 0 spiro atoms. The van der Waals surface area contributed by atoms with Crippen LogP contribution in [-0.4, -0.2) is 64.8 Å². The molecule has 6 heteroatoms. The van der Waals surface area contributed by atoms with E-state index in [9.17, 15) is 4.79 Å². The summed E-state index contributed by atoms with van der Waals surface area (Å²) >= 11 is 0. The highest BCUT2D eigenvalue weighted by Gasteiger charge is 2.30. The fraction of sp³-hybridized carbons (Fsp3) is 0.667. The quantitative estimate of drug-likeness (QED) is 0.765. The molecular weight excluding hydrogens is 230 g/mol. The zero-order chi connectivity index (χ0) is 13.3. The first-order chi connectivity index (χ1) is 8.52. The molecular formula is C12H21N5O. The number of likely N-dealkylation sites (N-methyl/N-ethyl adjacent to an activating group) is 1. The first-order valence-corrected chi connectivity index (χ1v) is 6.23. The van der Waals surface area contributed by atoms with Crippen molar-refractivity contribution in [2.45, 2.75) is 13.0 Å². The summed E-state index contributed by atoms with van der Waals surface area (Å²) in [6.07, 6.45) is 0.